The minimum atomic E-state index is -0.374. The molecule has 3 N–H and O–H groups in total. The van der Waals surface area contributed by atoms with Crippen LogP contribution < -0.4 is 5.73 Å². The van der Waals surface area contributed by atoms with E-state index in [-0.39, 0.29) is 12.3 Å². The van der Waals surface area contributed by atoms with Crippen molar-refractivity contribution in [2.75, 3.05) is 0 Å². The summed E-state index contributed by atoms with van der Waals surface area (Å²) in [4.78, 5) is 13.8. The number of nitrogens with zero attached hydrogens (tertiary/aromatic N) is 1. The summed E-state index contributed by atoms with van der Waals surface area (Å²) in [5.74, 6) is -0.374. The topological polar surface area (TPSA) is 63.8 Å². The van der Waals surface area contributed by atoms with Crippen molar-refractivity contribution < 1.29 is 4.79 Å². The number of amides is 1. The van der Waals surface area contributed by atoms with Crippen molar-refractivity contribution in [1.29, 1.82) is 0 Å². The van der Waals surface area contributed by atoms with Gasteiger partial charge in [-0.25, -0.2) is 0 Å². The molecule has 4 nitrogen and oxygen atoms in total. The molecular formula is C10H9Cl2N3OS. The van der Waals surface area contributed by atoms with Gasteiger partial charge in [-0.2, -0.15) is 0 Å². The Balaban J connectivity index is 2.54. The molecule has 17 heavy (non-hydrogen) atoms. The summed E-state index contributed by atoms with van der Waals surface area (Å²) in [5, 5.41) is 0.901. The average molecular weight is 290 g/mol. The third kappa shape index (κ3) is 2.46. The lowest BCUT2D eigenvalue weighted by Crippen LogP contribution is -2.13. The van der Waals surface area contributed by atoms with Gasteiger partial charge in [0.25, 0.3) is 0 Å². The van der Waals surface area contributed by atoms with Crippen LogP contribution in [0.4, 0.5) is 0 Å². The Morgan fingerprint density at radius 2 is 2.06 bits per heavy atom. The van der Waals surface area contributed by atoms with E-state index in [2.05, 4.69) is 4.98 Å². The van der Waals surface area contributed by atoms with E-state index in [1.807, 2.05) is 0 Å². The van der Waals surface area contributed by atoms with Gasteiger partial charge in [0, 0.05) is 13.0 Å². The maximum atomic E-state index is 10.8. The zero-order chi connectivity index (χ0) is 12.6. The third-order valence-corrected chi connectivity index (χ3v) is 3.44. The van der Waals surface area contributed by atoms with Crippen LogP contribution in [0.25, 0.3) is 11.0 Å². The molecule has 1 heterocycles. The fourth-order valence-corrected chi connectivity index (χ4v) is 2.22. The van der Waals surface area contributed by atoms with Crippen LogP contribution in [-0.4, -0.2) is 15.5 Å². The number of nitrogens with two attached hydrogens (primary N) is 1. The van der Waals surface area contributed by atoms with E-state index in [0.717, 1.165) is 11.0 Å². The third-order valence-electron chi connectivity index (χ3n) is 2.40. The predicted octanol–water partition coefficient (Wildman–Crippen LogP) is 2.88. The number of carbonyl (C=O) groups excluding carboxylic acids is 1. The van der Waals surface area contributed by atoms with E-state index >= 15 is 0 Å². The highest BCUT2D eigenvalue weighted by molar-refractivity contribution is 7.71. The molecule has 2 rings (SSSR count). The number of hydrogen-bond acceptors (Lipinski definition) is 2. The summed E-state index contributed by atoms with van der Waals surface area (Å²) in [5.41, 5.74) is 6.71. The van der Waals surface area contributed by atoms with E-state index in [9.17, 15) is 4.79 Å². The first-order valence-corrected chi connectivity index (χ1v) is 6.01. The number of imidazole rings is 1. The highest BCUT2D eigenvalue weighted by atomic mass is 35.5. The number of benzene rings is 1. The van der Waals surface area contributed by atoms with Gasteiger partial charge < -0.3 is 15.3 Å². The molecule has 0 unspecified atom stereocenters. The van der Waals surface area contributed by atoms with Gasteiger partial charge in [-0.15, -0.1) is 0 Å². The maximum Gasteiger partial charge on any atom is 0.219 e. The lowest BCUT2D eigenvalue weighted by Gasteiger charge is -2.03. The van der Waals surface area contributed by atoms with Gasteiger partial charge in [-0.1, -0.05) is 23.2 Å². The molecule has 0 radical (unpaired) electrons. The Labute approximate surface area is 112 Å². The summed E-state index contributed by atoms with van der Waals surface area (Å²) in [7, 11) is 0. The van der Waals surface area contributed by atoms with E-state index in [4.69, 9.17) is 41.2 Å². The number of fused-ring (bicyclic) bond motifs is 1. The molecular weight excluding hydrogens is 281 g/mol. The second-order valence-corrected chi connectivity index (χ2v) is 4.78. The molecule has 1 aromatic heterocycles. The summed E-state index contributed by atoms with van der Waals surface area (Å²) in [6.07, 6.45) is 0.224. The molecule has 0 bridgehead atoms. The molecule has 1 amide bonds. The van der Waals surface area contributed by atoms with E-state index in [1.165, 1.54) is 0 Å². The van der Waals surface area contributed by atoms with Crippen molar-refractivity contribution in [1.82, 2.24) is 9.55 Å². The number of rotatable bonds is 3. The van der Waals surface area contributed by atoms with Gasteiger partial charge in [0.05, 0.1) is 21.1 Å². The first-order valence-electron chi connectivity index (χ1n) is 4.85. The SMILES string of the molecule is NC(=O)CCn1c(=S)[nH]c2cc(Cl)c(Cl)cc21. The average Bonchev–Trinajstić information content (AvgIpc) is 2.52. The first-order chi connectivity index (χ1) is 7.99. The molecule has 0 spiro atoms. The fourth-order valence-electron chi connectivity index (χ4n) is 1.60. The molecule has 0 atom stereocenters. The van der Waals surface area contributed by atoms with Gasteiger partial charge in [0.1, 0.15) is 0 Å². The fraction of sp³-hybridized carbons (Fsp3) is 0.200. The number of hydrogen-bond donors (Lipinski definition) is 2. The summed E-state index contributed by atoms with van der Waals surface area (Å²) in [6.45, 7) is 0.423. The van der Waals surface area contributed by atoms with Crippen molar-refractivity contribution in [2.24, 2.45) is 5.73 Å². The van der Waals surface area contributed by atoms with E-state index in [1.54, 1.807) is 16.7 Å². The molecule has 0 saturated carbocycles. The molecule has 0 aliphatic heterocycles. The molecule has 0 saturated heterocycles. The standard InChI is InChI=1S/C10H9Cl2N3OS/c11-5-3-7-8(4-6(5)12)15(10(17)14-7)2-1-9(13)16/h3-4H,1-2H2,(H2,13,16)(H,14,17). The molecule has 0 aliphatic carbocycles. The molecule has 0 aliphatic rings. The van der Waals surface area contributed by atoms with E-state index < -0.39 is 0 Å². The monoisotopic (exact) mass is 289 g/mol. The lowest BCUT2D eigenvalue weighted by molar-refractivity contribution is -0.118. The number of primary amides is 1. The van der Waals surface area contributed by atoms with Gasteiger partial charge in [0.2, 0.25) is 5.91 Å². The molecule has 1 aromatic carbocycles. The van der Waals surface area contributed by atoms with Crippen LogP contribution in [0.5, 0.6) is 0 Å². The smallest absolute Gasteiger partial charge is 0.219 e. The number of aromatic nitrogens is 2. The van der Waals surface area contributed by atoms with E-state index in [0.29, 0.717) is 21.4 Å². The molecule has 90 valence electrons. The van der Waals surface area contributed by atoms with Gasteiger partial charge in [0.15, 0.2) is 4.77 Å². The van der Waals surface area contributed by atoms with Crippen LogP contribution in [0.2, 0.25) is 10.0 Å². The predicted molar refractivity (Wildman–Crippen MR) is 71.0 cm³/mol. The number of nitrogens with one attached hydrogen (secondary N) is 1. The minimum absolute atomic E-state index is 0.224. The van der Waals surface area contributed by atoms with Crippen LogP contribution >= 0.6 is 35.4 Å². The lowest BCUT2D eigenvalue weighted by atomic mass is 10.3. The minimum Gasteiger partial charge on any atom is -0.370 e. The van der Waals surface area contributed by atoms with Crippen LogP contribution in [0.15, 0.2) is 12.1 Å². The highest BCUT2D eigenvalue weighted by Gasteiger charge is 2.08. The van der Waals surface area contributed by atoms with Crippen molar-refractivity contribution in [2.45, 2.75) is 13.0 Å². The van der Waals surface area contributed by atoms with Crippen LogP contribution in [0.3, 0.4) is 0 Å². The number of carbonyl (C=O) groups is 1. The largest absolute Gasteiger partial charge is 0.370 e. The van der Waals surface area contributed by atoms with Gasteiger partial charge >= 0.3 is 0 Å². The Morgan fingerprint density at radius 3 is 2.71 bits per heavy atom. The van der Waals surface area contributed by atoms with Crippen molar-refractivity contribution in [3.63, 3.8) is 0 Å². The maximum absolute atomic E-state index is 10.8. The Bertz CT molecular complexity index is 647. The van der Waals surface area contributed by atoms with Crippen molar-refractivity contribution >= 4 is 52.4 Å². The zero-order valence-electron chi connectivity index (χ0n) is 8.67. The first kappa shape index (κ1) is 12.4. The number of H-pyrrole nitrogens is 1. The second kappa shape index (κ2) is 4.68. The molecule has 0 fully saturated rings. The quantitative estimate of drug-likeness (QED) is 0.854. The number of halogens is 2. The Morgan fingerprint density at radius 1 is 1.41 bits per heavy atom. The Kier molecular flexibility index (Phi) is 3.42. The second-order valence-electron chi connectivity index (χ2n) is 3.58. The summed E-state index contributed by atoms with van der Waals surface area (Å²) >= 11 is 17.0. The zero-order valence-corrected chi connectivity index (χ0v) is 11.0. The van der Waals surface area contributed by atoms with Gasteiger partial charge in [-0.05, 0) is 24.4 Å². The van der Waals surface area contributed by atoms with Crippen LogP contribution in [0.1, 0.15) is 6.42 Å². The van der Waals surface area contributed by atoms with Gasteiger partial charge in [-0.3, -0.25) is 4.79 Å². The summed E-state index contributed by atoms with van der Waals surface area (Å²) < 4.78 is 2.29. The normalized spacial score (nSPS) is 10.9. The van der Waals surface area contributed by atoms with Crippen LogP contribution in [0, 0.1) is 4.77 Å². The molecule has 7 heteroatoms. The summed E-state index contributed by atoms with van der Waals surface area (Å²) in [6, 6.07) is 3.42. The van der Waals surface area contributed by atoms with Crippen LogP contribution in [-0.2, 0) is 11.3 Å². The number of aryl methyl sites for hydroxylation is 1. The Hall–Kier alpha value is -1.04. The number of aromatic amines is 1. The molecule has 2 aromatic rings. The van der Waals surface area contributed by atoms with Crippen molar-refractivity contribution in [3.8, 4) is 0 Å². The van der Waals surface area contributed by atoms with Crippen molar-refractivity contribution in [3.05, 3.63) is 26.9 Å². The highest BCUT2D eigenvalue weighted by Crippen LogP contribution is 2.27.